The number of phosphoric acid groups is 2. The summed E-state index contributed by atoms with van der Waals surface area (Å²) in [6.45, 7) is 4.43. The van der Waals surface area contributed by atoms with E-state index in [0.717, 1.165) is 122 Å². The number of aliphatic hydroxyl groups excluding tert-OH is 1. The fraction of sp³-hybridized carbons (Fsp3) is 0.671. The molecule has 0 aliphatic rings. The number of ether oxygens (including phenoxy) is 4. The second-order valence-electron chi connectivity index (χ2n) is 24.5. The number of esters is 4. The van der Waals surface area contributed by atoms with E-state index in [9.17, 15) is 43.2 Å². The van der Waals surface area contributed by atoms with Crippen LogP contribution < -0.4 is 0 Å². The highest BCUT2D eigenvalue weighted by Crippen LogP contribution is 2.45. The van der Waals surface area contributed by atoms with Gasteiger partial charge in [-0.3, -0.25) is 37.3 Å². The maximum Gasteiger partial charge on any atom is 0.472 e. The van der Waals surface area contributed by atoms with E-state index in [1.54, 1.807) is 6.08 Å². The van der Waals surface area contributed by atoms with Gasteiger partial charge in [0.2, 0.25) is 0 Å². The molecule has 0 fully saturated rings. The van der Waals surface area contributed by atoms with E-state index < -0.39 is 97.5 Å². The zero-order valence-electron chi connectivity index (χ0n) is 60.9. The first kappa shape index (κ1) is 93.2. The molecule has 0 rings (SSSR count). The average Bonchev–Trinajstić information content (AvgIpc) is 0.969. The van der Waals surface area contributed by atoms with E-state index in [1.807, 2.05) is 30.4 Å². The molecule has 98 heavy (non-hydrogen) atoms. The Hall–Kier alpha value is -4.80. The minimum Gasteiger partial charge on any atom is -0.462 e. The number of unbranched alkanes of at least 4 members (excludes halogenated alkanes) is 22. The molecule has 0 bridgehead atoms. The van der Waals surface area contributed by atoms with Gasteiger partial charge in [0.25, 0.3) is 0 Å². The highest BCUT2D eigenvalue weighted by Gasteiger charge is 2.30. The van der Waals surface area contributed by atoms with Gasteiger partial charge in [-0.05, 0) is 116 Å². The van der Waals surface area contributed by atoms with E-state index in [-0.39, 0.29) is 25.7 Å². The van der Waals surface area contributed by atoms with Gasteiger partial charge in [-0.1, -0.05) is 277 Å². The first-order valence-corrected chi connectivity index (χ1v) is 40.4. The van der Waals surface area contributed by atoms with Crippen LogP contribution in [0.5, 0.6) is 0 Å². The lowest BCUT2D eigenvalue weighted by molar-refractivity contribution is -0.161. The van der Waals surface area contributed by atoms with Gasteiger partial charge in [0.1, 0.15) is 19.3 Å². The van der Waals surface area contributed by atoms with E-state index in [2.05, 4.69) is 125 Å². The van der Waals surface area contributed by atoms with Crippen molar-refractivity contribution in [2.75, 3.05) is 39.6 Å². The Labute approximate surface area is 593 Å². The molecule has 560 valence electrons. The monoisotopic (exact) mass is 1410 g/mol. The molecule has 0 aliphatic heterocycles. The third-order valence-corrected chi connectivity index (χ3v) is 17.0. The lowest BCUT2D eigenvalue weighted by Crippen LogP contribution is -2.30. The van der Waals surface area contributed by atoms with Gasteiger partial charge in [0, 0.05) is 19.3 Å². The third kappa shape index (κ3) is 69.7. The Balaban J connectivity index is 5.46. The molecule has 5 unspecified atom stereocenters. The van der Waals surface area contributed by atoms with Crippen molar-refractivity contribution in [3.63, 3.8) is 0 Å². The molecule has 0 aliphatic carbocycles. The van der Waals surface area contributed by atoms with E-state index in [1.165, 1.54) is 77.0 Å². The molecular weight excluding hydrogens is 1280 g/mol. The van der Waals surface area contributed by atoms with Gasteiger partial charge in [-0.25, -0.2) is 9.13 Å². The molecule has 17 nitrogen and oxygen atoms in total. The van der Waals surface area contributed by atoms with E-state index in [0.29, 0.717) is 32.1 Å². The predicted octanol–water partition coefficient (Wildman–Crippen LogP) is 21.3. The number of phosphoric ester groups is 2. The van der Waals surface area contributed by atoms with Crippen LogP contribution in [0.1, 0.15) is 285 Å². The average molecular weight is 1420 g/mol. The SMILES string of the molecule is CC/C=C\C/C=C\C/C=C\C/C=C\C/C=C\CCCC(=O)OCC(COP(=O)(O)OCC(O)COP(=O)(O)OCC(COC(=O)C/C=C\C/C=C\C/C=C\C/C=C\C/C=C\CC)OC(=O)CCCCCCCCCCCCCCC)OC(=O)CCCCCCC/C=C\CCCCCC. The van der Waals surface area contributed by atoms with Crippen molar-refractivity contribution in [3.05, 3.63) is 134 Å². The summed E-state index contributed by atoms with van der Waals surface area (Å²) in [5.41, 5.74) is 0. The Bertz CT molecular complexity index is 2380. The molecule has 0 aromatic rings. The Morgan fingerprint density at radius 3 is 0.959 bits per heavy atom. The second-order valence-corrected chi connectivity index (χ2v) is 27.4. The number of carbonyl (C=O) groups is 4. The number of rotatable bonds is 69. The molecular formula is C79H132O17P2. The maximum atomic E-state index is 13.1. The molecule has 0 spiro atoms. The first-order valence-electron chi connectivity index (χ1n) is 37.4. The molecule has 0 amide bonds. The number of aliphatic hydroxyl groups is 1. The van der Waals surface area contributed by atoms with Crippen LogP contribution in [0.25, 0.3) is 0 Å². The molecule has 0 saturated heterocycles. The van der Waals surface area contributed by atoms with Gasteiger partial charge < -0.3 is 33.8 Å². The smallest absolute Gasteiger partial charge is 0.462 e. The van der Waals surface area contributed by atoms with Crippen molar-refractivity contribution in [3.8, 4) is 0 Å². The summed E-state index contributed by atoms with van der Waals surface area (Å²) in [7, 11) is -9.99. The van der Waals surface area contributed by atoms with Gasteiger partial charge >= 0.3 is 39.5 Å². The van der Waals surface area contributed by atoms with Crippen molar-refractivity contribution in [2.24, 2.45) is 0 Å². The zero-order chi connectivity index (χ0) is 71.8. The Kier molecular flexibility index (Phi) is 67.2. The minimum absolute atomic E-state index is 0.0679. The molecule has 3 N–H and O–H groups in total. The van der Waals surface area contributed by atoms with Crippen molar-refractivity contribution in [1.82, 2.24) is 0 Å². The van der Waals surface area contributed by atoms with Gasteiger partial charge in [-0.15, -0.1) is 0 Å². The maximum absolute atomic E-state index is 13.1. The van der Waals surface area contributed by atoms with Crippen LogP contribution in [0, 0.1) is 0 Å². The van der Waals surface area contributed by atoms with Crippen LogP contribution in [-0.2, 0) is 65.4 Å². The first-order chi connectivity index (χ1) is 47.7. The summed E-state index contributed by atoms with van der Waals surface area (Å²) >= 11 is 0. The third-order valence-electron chi connectivity index (χ3n) is 15.1. The van der Waals surface area contributed by atoms with Crippen molar-refractivity contribution in [2.45, 2.75) is 303 Å². The molecule has 0 aromatic carbocycles. The second kappa shape index (κ2) is 70.6. The molecule has 0 radical (unpaired) electrons. The topological polar surface area (TPSA) is 237 Å². The number of carbonyl (C=O) groups excluding carboxylic acids is 4. The summed E-state index contributed by atoms with van der Waals surface area (Å²) in [6, 6.07) is 0. The van der Waals surface area contributed by atoms with Crippen molar-refractivity contribution < 1.29 is 80.2 Å². The van der Waals surface area contributed by atoms with E-state index in [4.69, 9.17) is 37.0 Å². The summed E-state index contributed by atoms with van der Waals surface area (Å²) < 4.78 is 68.2. The molecule has 5 atom stereocenters. The van der Waals surface area contributed by atoms with Crippen LogP contribution >= 0.6 is 15.6 Å². The molecule has 0 aromatic heterocycles. The van der Waals surface area contributed by atoms with Gasteiger partial charge in [-0.2, -0.15) is 0 Å². The summed E-state index contributed by atoms with van der Waals surface area (Å²) in [5.74, 6) is -2.40. The summed E-state index contributed by atoms with van der Waals surface area (Å²) in [6.07, 6.45) is 77.7. The molecule has 0 heterocycles. The summed E-state index contributed by atoms with van der Waals surface area (Å²) in [4.78, 5) is 72.7. The number of hydrogen-bond donors (Lipinski definition) is 3. The van der Waals surface area contributed by atoms with Gasteiger partial charge in [0.15, 0.2) is 12.2 Å². The van der Waals surface area contributed by atoms with Crippen LogP contribution in [0.3, 0.4) is 0 Å². The zero-order valence-corrected chi connectivity index (χ0v) is 62.7. The molecule has 0 saturated carbocycles. The Morgan fingerprint density at radius 2 is 0.582 bits per heavy atom. The number of allylic oxidation sites excluding steroid dienone is 21. The highest BCUT2D eigenvalue weighted by atomic mass is 31.2. The fourth-order valence-corrected chi connectivity index (χ4v) is 11.1. The lowest BCUT2D eigenvalue weighted by Gasteiger charge is -2.21. The predicted molar refractivity (Wildman–Crippen MR) is 399 cm³/mol. The molecule has 19 heteroatoms. The highest BCUT2D eigenvalue weighted by molar-refractivity contribution is 7.47. The van der Waals surface area contributed by atoms with Crippen LogP contribution in [0.2, 0.25) is 0 Å². The minimum atomic E-state index is -5.00. The standard InChI is InChI=1S/C79H132O17P2/c1-5-9-13-17-21-25-29-33-35-36-38-42-44-48-52-56-60-64-77(82)90-70-75(96-79(84)66-62-58-54-50-46-40-32-28-24-20-16-12-8-4)72-94-98(87,88)92-68-73(80)67-91-97(85,86)93-71-74(95-78(83)65-61-57-53-49-45-39-31-27-23-19-15-11-7-3)69-89-76(81)63-59-55-51-47-43-41-37-34-30-26-22-18-14-10-6-2/h9-10,13-14,21-22,25-26,28,32-35,37-38,42-43,47-48,52,55,59,73-75,80H,5-8,11-12,15-20,23-24,27,29-31,36,39-41,44-46,49-51,53-54,56-58,60-72H2,1-4H3,(H,85,86)(H,87,88)/b13-9-,14-10-,25-21-,26-22-,32-28-,35-33-,37-34-,42-38-,47-43-,52-48-,59-55-. The van der Waals surface area contributed by atoms with Crippen LogP contribution in [0.4, 0.5) is 0 Å². The fourth-order valence-electron chi connectivity index (χ4n) is 9.50. The van der Waals surface area contributed by atoms with Crippen molar-refractivity contribution in [1.29, 1.82) is 0 Å². The van der Waals surface area contributed by atoms with Crippen LogP contribution in [0.15, 0.2) is 134 Å². The normalized spacial score (nSPS) is 14.7. The summed E-state index contributed by atoms with van der Waals surface area (Å²) in [5, 5.41) is 10.6. The van der Waals surface area contributed by atoms with Crippen molar-refractivity contribution >= 4 is 39.5 Å². The lowest BCUT2D eigenvalue weighted by atomic mass is 10.0. The van der Waals surface area contributed by atoms with Gasteiger partial charge in [0.05, 0.1) is 32.8 Å². The Morgan fingerprint density at radius 1 is 0.306 bits per heavy atom. The van der Waals surface area contributed by atoms with Crippen LogP contribution in [-0.4, -0.2) is 96.7 Å². The van der Waals surface area contributed by atoms with E-state index >= 15 is 0 Å². The number of hydrogen-bond acceptors (Lipinski definition) is 15. The largest absolute Gasteiger partial charge is 0.472 e. The quantitative estimate of drug-likeness (QED) is 0.0169.